The molecular weight excluding hydrogens is 346 g/mol. The van der Waals surface area contributed by atoms with E-state index >= 15 is 0 Å². The highest BCUT2D eigenvalue weighted by molar-refractivity contribution is 7.91. The van der Waals surface area contributed by atoms with Crippen molar-refractivity contribution >= 4 is 38.6 Å². The van der Waals surface area contributed by atoms with Gasteiger partial charge in [-0.2, -0.15) is 0 Å². The summed E-state index contributed by atoms with van der Waals surface area (Å²) in [5.74, 6) is -0.411. The summed E-state index contributed by atoms with van der Waals surface area (Å²) in [5, 5.41) is 4.35. The lowest BCUT2D eigenvalue weighted by atomic mass is 10.2. The van der Waals surface area contributed by atoms with Gasteiger partial charge in [-0.3, -0.25) is 4.79 Å². The van der Waals surface area contributed by atoms with Crippen LogP contribution in [0.2, 0.25) is 0 Å². The molecule has 2 N–H and O–H groups in total. The van der Waals surface area contributed by atoms with Crippen LogP contribution < -0.4 is 14.9 Å². The average molecular weight is 367 g/mol. The van der Waals surface area contributed by atoms with Gasteiger partial charge in [-0.25, -0.2) is 13.1 Å². The van der Waals surface area contributed by atoms with Crippen molar-refractivity contribution in [2.75, 3.05) is 29.9 Å². The second-order valence-electron chi connectivity index (χ2n) is 5.02. The molecule has 0 saturated heterocycles. The molecule has 1 aromatic heterocycles. The molecule has 0 spiro atoms. The maximum absolute atomic E-state index is 11.9. The van der Waals surface area contributed by atoms with Gasteiger partial charge < -0.3 is 10.2 Å². The van der Waals surface area contributed by atoms with Gasteiger partial charge in [0, 0.05) is 24.5 Å². The van der Waals surface area contributed by atoms with Crippen LogP contribution in [0.5, 0.6) is 0 Å². The molecule has 0 bridgehead atoms. The number of hydrogen-bond acceptors (Lipinski definition) is 5. The van der Waals surface area contributed by atoms with Crippen LogP contribution in [0.15, 0.2) is 46.0 Å². The maximum Gasteiger partial charge on any atom is 0.250 e. The van der Waals surface area contributed by atoms with Crippen molar-refractivity contribution in [2.45, 2.75) is 18.1 Å². The molecule has 6 nitrogen and oxygen atoms in total. The third-order valence-electron chi connectivity index (χ3n) is 3.46. The van der Waals surface area contributed by atoms with E-state index in [0.717, 1.165) is 30.1 Å². The molecule has 0 fully saturated rings. The standard InChI is InChI=1S/C16H21N3O3S2/c1-3-19(4-2)14-9-7-13(8-10-14)18-15(20)12-17-24(21,22)16-6-5-11-23-16/h5-11,17H,3-4,12H2,1-2H3,(H,18,20). The molecule has 0 aliphatic rings. The van der Waals surface area contributed by atoms with Gasteiger partial charge >= 0.3 is 0 Å². The van der Waals surface area contributed by atoms with Crippen LogP contribution in [0.25, 0.3) is 0 Å². The van der Waals surface area contributed by atoms with Gasteiger partial charge in [-0.05, 0) is 49.6 Å². The Morgan fingerprint density at radius 2 is 1.79 bits per heavy atom. The molecule has 8 heteroatoms. The third kappa shape index (κ3) is 4.80. The molecule has 0 atom stereocenters. The van der Waals surface area contributed by atoms with E-state index in [1.54, 1.807) is 23.6 Å². The first-order chi connectivity index (χ1) is 11.5. The molecule has 130 valence electrons. The zero-order valence-electron chi connectivity index (χ0n) is 13.7. The van der Waals surface area contributed by atoms with Crippen molar-refractivity contribution in [3.63, 3.8) is 0 Å². The lowest BCUT2D eigenvalue weighted by Crippen LogP contribution is -2.32. The van der Waals surface area contributed by atoms with Crippen molar-refractivity contribution in [2.24, 2.45) is 0 Å². The highest BCUT2D eigenvalue weighted by Gasteiger charge is 2.16. The zero-order chi connectivity index (χ0) is 17.6. The molecule has 0 aliphatic heterocycles. The minimum atomic E-state index is -3.63. The van der Waals surface area contributed by atoms with Crippen LogP contribution in [0.3, 0.4) is 0 Å². The van der Waals surface area contributed by atoms with E-state index in [4.69, 9.17) is 0 Å². The second-order valence-corrected chi connectivity index (χ2v) is 7.97. The number of hydrogen-bond donors (Lipinski definition) is 2. The Hall–Kier alpha value is -1.90. The van der Waals surface area contributed by atoms with Crippen LogP contribution in [0, 0.1) is 0 Å². The molecular formula is C16H21N3O3S2. The first-order valence-electron chi connectivity index (χ1n) is 7.64. The molecule has 2 rings (SSSR count). The lowest BCUT2D eigenvalue weighted by Gasteiger charge is -2.21. The van der Waals surface area contributed by atoms with E-state index in [0.29, 0.717) is 5.69 Å². The highest BCUT2D eigenvalue weighted by atomic mass is 32.2. The molecule has 0 radical (unpaired) electrons. The van der Waals surface area contributed by atoms with Crippen molar-refractivity contribution in [3.8, 4) is 0 Å². The monoisotopic (exact) mass is 367 g/mol. The van der Waals surface area contributed by atoms with Gasteiger partial charge in [-0.15, -0.1) is 11.3 Å². The second kappa shape index (κ2) is 8.27. The van der Waals surface area contributed by atoms with Crippen LogP contribution in [-0.2, 0) is 14.8 Å². The van der Waals surface area contributed by atoms with Gasteiger partial charge in [0.15, 0.2) is 0 Å². The SMILES string of the molecule is CCN(CC)c1ccc(NC(=O)CNS(=O)(=O)c2cccs2)cc1. The fraction of sp³-hybridized carbons (Fsp3) is 0.312. The van der Waals surface area contributed by atoms with Crippen LogP contribution in [0.1, 0.15) is 13.8 Å². The topological polar surface area (TPSA) is 78.5 Å². The Kier molecular flexibility index (Phi) is 6.36. The molecule has 1 heterocycles. The summed E-state index contributed by atoms with van der Waals surface area (Å²) in [4.78, 5) is 14.1. The maximum atomic E-state index is 11.9. The summed E-state index contributed by atoms with van der Waals surface area (Å²) >= 11 is 1.11. The first kappa shape index (κ1) is 18.4. The Labute approximate surface area is 146 Å². The Bertz CT molecular complexity index is 752. The van der Waals surface area contributed by atoms with Crippen molar-refractivity contribution in [1.29, 1.82) is 0 Å². The number of rotatable bonds is 8. The van der Waals surface area contributed by atoms with E-state index < -0.39 is 15.9 Å². The molecule has 0 unspecified atom stereocenters. The number of benzene rings is 1. The quantitative estimate of drug-likeness (QED) is 0.751. The van der Waals surface area contributed by atoms with Crippen LogP contribution in [-0.4, -0.2) is 34.0 Å². The van der Waals surface area contributed by atoms with Crippen molar-refractivity contribution in [1.82, 2.24) is 4.72 Å². The summed E-state index contributed by atoms with van der Waals surface area (Å²) in [5.41, 5.74) is 1.71. The fourth-order valence-electron chi connectivity index (χ4n) is 2.20. The van der Waals surface area contributed by atoms with Gasteiger partial charge in [0.25, 0.3) is 10.0 Å². The summed E-state index contributed by atoms with van der Waals surface area (Å²) in [6, 6.07) is 10.6. The number of amides is 1. The van der Waals surface area contributed by atoms with Gasteiger partial charge in [0.1, 0.15) is 4.21 Å². The molecule has 0 aliphatic carbocycles. The lowest BCUT2D eigenvalue weighted by molar-refractivity contribution is -0.115. The summed E-state index contributed by atoms with van der Waals surface area (Å²) in [7, 11) is -3.63. The number of nitrogens with one attached hydrogen (secondary N) is 2. The average Bonchev–Trinajstić information content (AvgIpc) is 3.11. The van der Waals surface area contributed by atoms with E-state index in [-0.39, 0.29) is 10.8 Å². The summed E-state index contributed by atoms with van der Waals surface area (Å²) in [6.45, 7) is 5.68. The smallest absolute Gasteiger partial charge is 0.250 e. The van der Waals surface area contributed by atoms with Crippen molar-refractivity contribution < 1.29 is 13.2 Å². The number of carbonyl (C=O) groups excluding carboxylic acids is 1. The summed E-state index contributed by atoms with van der Waals surface area (Å²) < 4.78 is 26.4. The molecule has 24 heavy (non-hydrogen) atoms. The minimum absolute atomic E-state index is 0.193. The van der Waals surface area contributed by atoms with E-state index in [1.165, 1.54) is 6.07 Å². The number of anilines is 2. The molecule has 1 aromatic carbocycles. The molecule has 0 saturated carbocycles. The molecule has 1 amide bonds. The number of thiophene rings is 1. The van der Waals surface area contributed by atoms with Crippen molar-refractivity contribution in [3.05, 3.63) is 41.8 Å². The van der Waals surface area contributed by atoms with Gasteiger partial charge in [-0.1, -0.05) is 6.07 Å². The first-order valence-corrected chi connectivity index (χ1v) is 10.0. The van der Waals surface area contributed by atoms with Crippen LogP contribution in [0.4, 0.5) is 11.4 Å². The number of nitrogens with zero attached hydrogens (tertiary/aromatic N) is 1. The fourth-order valence-corrected chi connectivity index (χ4v) is 4.22. The van der Waals surface area contributed by atoms with Gasteiger partial charge in [0.2, 0.25) is 5.91 Å². The van der Waals surface area contributed by atoms with E-state index in [1.807, 2.05) is 12.1 Å². The Balaban J connectivity index is 1.91. The largest absolute Gasteiger partial charge is 0.372 e. The Morgan fingerprint density at radius 3 is 2.33 bits per heavy atom. The zero-order valence-corrected chi connectivity index (χ0v) is 15.3. The summed E-state index contributed by atoms with van der Waals surface area (Å²) in [6.07, 6.45) is 0. The van der Waals surface area contributed by atoms with E-state index in [2.05, 4.69) is 28.8 Å². The third-order valence-corrected chi connectivity index (χ3v) is 6.26. The minimum Gasteiger partial charge on any atom is -0.372 e. The Morgan fingerprint density at radius 1 is 1.12 bits per heavy atom. The molecule has 2 aromatic rings. The normalized spacial score (nSPS) is 11.2. The predicted molar refractivity (Wildman–Crippen MR) is 98.1 cm³/mol. The number of sulfonamides is 1. The predicted octanol–water partition coefficient (Wildman–Crippen LogP) is 2.51. The number of carbonyl (C=O) groups is 1. The van der Waals surface area contributed by atoms with Crippen LogP contribution >= 0.6 is 11.3 Å². The van der Waals surface area contributed by atoms with Gasteiger partial charge in [0.05, 0.1) is 6.54 Å². The van der Waals surface area contributed by atoms with E-state index in [9.17, 15) is 13.2 Å². The highest BCUT2D eigenvalue weighted by Crippen LogP contribution is 2.18.